The maximum absolute atomic E-state index is 6.12. The average molecular weight is 426 g/mol. The first-order chi connectivity index (χ1) is 14.6. The van der Waals surface area contributed by atoms with Gasteiger partial charge in [-0.2, -0.15) is 15.0 Å². The number of hydrogen-bond acceptors (Lipinski definition) is 8. The highest BCUT2D eigenvalue weighted by atomic mass is 35.5. The summed E-state index contributed by atoms with van der Waals surface area (Å²) in [6.45, 7) is 4.25. The van der Waals surface area contributed by atoms with Gasteiger partial charge in [-0.25, -0.2) is 0 Å². The van der Waals surface area contributed by atoms with E-state index in [9.17, 15) is 0 Å². The van der Waals surface area contributed by atoms with Gasteiger partial charge in [-0.3, -0.25) is 4.90 Å². The van der Waals surface area contributed by atoms with Crippen LogP contribution < -0.4 is 20.7 Å². The van der Waals surface area contributed by atoms with Gasteiger partial charge in [0.1, 0.15) is 11.6 Å². The van der Waals surface area contributed by atoms with Crippen LogP contribution in [-0.4, -0.2) is 53.1 Å². The van der Waals surface area contributed by atoms with Crippen LogP contribution >= 0.6 is 11.6 Å². The summed E-state index contributed by atoms with van der Waals surface area (Å²) in [6, 6.07) is 15.5. The summed E-state index contributed by atoms with van der Waals surface area (Å²) in [4.78, 5) is 17.7. The maximum atomic E-state index is 6.12. The van der Waals surface area contributed by atoms with Gasteiger partial charge < -0.3 is 20.7 Å². The van der Waals surface area contributed by atoms with Crippen LogP contribution in [0.25, 0.3) is 0 Å². The molecular weight excluding hydrogens is 402 g/mol. The van der Waals surface area contributed by atoms with Crippen molar-refractivity contribution < 1.29 is 4.74 Å². The number of methoxy groups -OCH3 is 1. The number of benzene rings is 2. The van der Waals surface area contributed by atoms with Crippen molar-refractivity contribution in [2.45, 2.75) is 6.54 Å². The molecule has 156 valence electrons. The molecule has 0 unspecified atom stereocenters. The highest BCUT2D eigenvalue weighted by molar-refractivity contribution is 6.30. The quantitative estimate of drug-likeness (QED) is 0.622. The zero-order valence-corrected chi connectivity index (χ0v) is 17.5. The number of piperazine rings is 1. The fourth-order valence-electron chi connectivity index (χ4n) is 3.41. The Labute approximate surface area is 180 Å². The first kappa shape index (κ1) is 20.2. The molecule has 0 radical (unpaired) electrons. The van der Waals surface area contributed by atoms with Gasteiger partial charge >= 0.3 is 0 Å². The monoisotopic (exact) mass is 425 g/mol. The van der Waals surface area contributed by atoms with E-state index in [4.69, 9.17) is 22.1 Å². The lowest BCUT2D eigenvalue weighted by Crippen LogP contribution is -2.46. The molecule has 8 nitrogen and oxygen atoms in total. The highest BCUT2D eigenvalue weighted by Gasteiger charge is 2.19. The fraction of sp³-hybridized carbons (Fsp3) is 0.286. The van der Waals surface area contributed by atoms with Crippen molar-refractivity contribution in [2.24, 2.45) is 0 Å². The van der Waals surface area contributed by atoms with Gasteiger partial charge in [-0.15, -0.1) is 0 Å². The van der Waals surface area contributed by atoms with Crippen molar-refractivity contribution in [3.8, 4) is 5.75 Å². The van der Waals surface area contributed by atoms with Crippen LogP contribution in [0.15, 0.2) is 48.5 Å². The molecule has 2 heterocycles. The lowest BCUT2D eigenvalue weighted by atomic mass is 10.2. The summed E-state index contributed by atoms with van der Waals surface area (Å²) in [6.07, 6.45) is 0. The molecule has 0 spiro atoms. The minimum atomic E-state index is 0.202. The normalized spacial score (nSPS) is 14.5. The van der Waals surface area contributed by atoms with Gasteiger partial charge in [-0.05, 0) is 42.5 Å². The van der Waals surface area contributed by atoms with Crippen molar-refractivity contribution in [3.05, 3.63) is 59.4 Å². The Morgan fingerprint density at radius 3 is 2.50 bits per heavy atom. The molecule has 2 aromatic carbocycles. The predicted octanol–water partition coefficient (Wildman–Crippen LogP) is 3.18. The molecule has 30 heavy (non-hydrogen) atoms. The number of halogens is 1. The fourth-order valence-corrected chi connectivity index (χ4v) is 3.59. The van der Waals surface area contributed by atoms with Crippen molar-refractivity contribution in [2.75, 3.05) is 49.2 Å². The molecule has 0 aliphatic carbocycles. The predicted molar refractivity (Wildman–Crippen MR) is 119 cm³/mol. The molecule has 3 N–H and O–H groups in total. The largest absolute Gasteiger partial charge is 0.497 e. The number of ether oxygens (including phenoxy) is 1. The van der Waals surface area contributed by atoms with E-state index in [0.717, 1.165) is 48.3 Å². The lowest BCUT2D eigenvalue weighted by Gasteiger charge is -2.35. The Bertz CT molecular complexity index is 991. The average Bonchev–Trinajstić information content (AvgIpc) is 2.74. The maximum Gasteiger partial charge on any atom is 0.232 e. The van der Waals surface area contributed by atoms with Crippen LogP contribution in [0.5, 0.6) is 5.75 Å². The van der Waals surface area contributed by atoms with Gasteiger partial charge in [0.05, 0.1) is 13.7 Å². The number of anilines is 4. The number of nitrogens with zero attached hydrogens (tertiary/aromatic N) is 5. The van der Waals surface area contributed by atoms with E-state index in [0.29, 0.717) is 18.3 Å². The summed E-state index contributed by atoms with van der Waals surface area (Å²) >= 11 is 6.12. The summed E-state index contributed by atoms with van der Waals surface area (Å²) < 4.78 is 5.18. The van der Waals surface area contributed by atoms with E-state index < -0.39 is 0 Å². The van der Waals surface area contributed by atoms with Crippen molar-refractivity contribution in [1.29, 1.82) is 0 Å². The molecule has 4 rings (SSSR count). The Balaban J connectivity index is 1.37. The number of hydrogen-bond donors (Lipinski definition) is 2. The van der Waals surface area contributed by atoms with E-state index in [-0.39, 0.29) is 5.95 Å². The molecule has 9 heteroatoms. The van der Waals surface area contributed by atoms with Gasteiger partial charge in [0.15, 0.2) is 0 Å². The Kier molecular flexibility index (Phi) is 6.15. The van der Waals surface area contributed by atoms with Crippen LogP contribution in [0.3, 0.4) is 0 Å². The summed E-state index contributed by atoms with van der Waals surface area (Å²) in [5, 5.41) is 3.93. The molecule has 0 atom stereocenters. The molecule has 1 saturated heterocycles. The van der Waals surface area contributed by atoms with Gasteiger partial charge in [-0.1, -0.05) is 17.7 Å². The molecule has 1 aliphatic heterocycles. The summed E-state index contributed by atoms with van der Waals surface area (Å²) in [5.74, 6) is 2.07. The number of nitrogens with two attached hydrogens (primary N) is 1. The van der Waals surface area contributed by atoms with Crippen LogP contribution in [-0.2, 0) is 6.54 Å². The smallest absolute Gasteiger partial charge is 0.232 e. The van der Waals surface area contributed by atoms with E-state index in [1.165, 1.54) is 0 Å². The Morgan fingerprint density at radius 2 is 1.80 bits per heavy atom. The molecule has 3 aromatic rings. The van der Waals surface area contributed by atoms with Crippen LogP contribution in [0.1, 0.15) is 5.82 Å². The first-order valence-corrected chi connectivity index (χ1v) is 10.1. The second-order valence-corrected chi connectivity index (χ2v) is 7.47. The lowest BCUT2D eigenvalue weighted by molar-refractivity contribution is 0.244. The van der Waals surface area contributed by atoms with E-state index in [1.807, 2.05) is 42.5 Å². The van der Waals surface area contributed by atoms with Gasteiger partial charge in [0.25, 0.3) is 0 Å². The number of nitrogens with one attached hydrogen (secondary N) is 1. The second-order valence-electron chi connectivity index (χ2n) is 7.03. The summed E-state index contributed by atoms with van der Waals surface area (Å²) in [5.41, 5.74) is 7.91. The molecular formula is C21H24ClN7O. The number of nitrogen functional groups attached to an aromatic ring is 1. The van der Waals surface area contributed by atoms with Crippen molar-refractivity contribution >= 4 is 34.9 Å². The van der Waals surface area contributed by atoms with E-state index >= 15 is 0 Å². The Morgan fingerprint density at radius 1 is 1.03 bits per heavy atom. The molecule has 0 amide bonds. The third-order valence-electron chi connectivity index (χ3n) is 4.96. The van der Waals surface area contributed by atoms with Gasteiger partial charge in [0.2, 0.25) is 11.9 Å². The van der Waals surface area contributed by atoms with Crippen LogP contribution in [0.4, 0.5) is 23.3 Å². The number of rotatable bonds is 6. The zero-order chi connectivity index (χ0) is 20.9. The standard InChI is InChI=1S/C21H24ClN7O/c1-30-18-7-5-16(6-8-18)24-21-26-19(25-20(23)27-21)14-28-9-11-29(12-10-28)17-4-2-3-15(22)13-17/h2-8,13H,9-12,14H2,1H3,(H3,23,24,25,26,27). The molecule has 1 fully saturated rings. The van der Waals surface area contributed by atoms with E-state index in [1.54, 1.807) is 7.11 Å². The minimum absolute atomic E-state index is 0.202. The van der Waals surface area contributed by atoms with Crippen molar-refractivity contribution in [1.82, 2.24) is 19.9 Å². The Hall–Kier alpha value is -3.10. The van der Waals surface area contributed by atoms with E-state index in [2.05, 4.69) is 36.1 Å². The first-order valence-electron chi connectivity index (χ1n) is 9.73. The zero-order valence-electron chi connectivity index (χ0n) is 16.8. The van der Waals surface area contributed by atoms with Gasteiger partial charge in [0, 0.05) is 42.6 Å². The third-order valence-corrected chi connectivity index (χ3v) is 5.19. The molecule has 0 saturated carbocycles. The third kappa shape index (κ3) is 5.08. The van der Waals surface area contributed by atoms with Crippen LogP contribution in [0.2, 0.25) is 5.02 Å². The number of aromatic nitrogens is 3. The van der Waals surface area contributed by atoms with Crippen LogP contribution in [0, 0.1) is 0 Å². The highest BCUT2D eigenvalue weighted by Crippen LogP contribution is 2.22. The minimum Gasteiger partial charge on any atom is -0.497 e. The van der Waals surface area contributed by atoms with Crippen molar-refractivity contribution in [3.63, 3.8) is 0 Å². The molecule has 0 bridgehead atoms. The topological polar surface area (TPSA) is 92.4 Å². The molecule has 1 aromatic heterocycles. The molecule has 1 aliphatic rings. The second kappa shape index (κ2) is 9.15. The SMILES string of the molecule is COc1ccc(Nc2nc(N)nc(CN3CCN(c4cccc(Cl)c4)CC3)n2)cc1. The summed E-state index contributed by atoms with van der Waals surface area (Å²) in [7, 11) is 1.64.